The Kier molecular flexibility index (Phi) is 2.47. The largest absolute Gasteiger partial charge is 0.481 e. The number of hydrogen-bond donors (Lipinski definition) is 1. The summed E-state index contributed by atoms with van der Waals surface area (Å²) in [6.45, 7) is 0. The van der Waals surface area contributed by atoms with Crippen molar-refractivity contribution in [1.82, 2.24) is 0 Å². The van der Waals surface area contributed by atoms with Crippen LogP contribution in [0.15, 0.2) is 30.3 Å². The van der Waals surface area contributed by atoms with E-state index in [1.54, 1.807) is 30.3 Å². The highest BCUT2D eigenvalue weighted by atomic mass is 19.1. The van der Waals surface area contributed by atoms with Crippen LogP contribution >= 0.6 is 0 Å². The van der Waals surface area contributed by atoms with E-state index in [9.17, 15) is 9.18 Å². The summed E-state index contributed by atoms with van der Waals surface area (Å²) in [4.78, 5) is 11.1. The summed E-state index contributed by atoms with van der Waals surface area (Å²) < 4.78 is 14.1. The van der Waals surface area contributed by atoms with Crippen LogP contribution in [0.5, 0.6) is 0 Å². The van der Waals surface area contributed by atoms with Gasteiger partial charge in [-0.3, -0.25) is 4.79 Å². The van der Waals surface area contributed by atoms with Gasteiger partial charge in [0.2, 0.25) is 0 Å². The van der Waals surface area contributed by atoms with Gasteiger partial charge in [-0.2, -0.15) is 0 Å². The van der Waals surface area contributed by atoms with Gasteiger partial charge in [-0.25, -0.2) is 4.39 Å². The van der Waals surface area contributed by atoms with E-state index in [1.165, 1.54) is 0 Å². The highest BCUT2D eigenvalue weighted by molar-refractivity contribution is 5.77. The van der Waals surface area contributed by atoms with Crippen molar-refractivity contribution < 1.29 is 14.3 Å². The van der Waals surface area contributed by atoms with Crippen LogP contribution in [0, 0.1) is 5.41 Å². The maximum atomic E-state index is 14.1. The zero-order valence-electron chi connectivity index (χ0n) is 8.32. The molecule has 2 nitrogen and oxygen atoms in total. The topological polar surface area (TPSA) is 37.3 Å². The van der Waals surface area contributed by atoms with Gasteiger partial charge in [-0.15, -0.1) is 0 Å². The number of alkyl halides is 1. The van der Waals surface area contributed by atoms with E-state index in [0.29, 0.717) is 18.4 Å². The Hall–Kier alpha value is -1.38. The van der Waals surface area contributed by atoms with Gasteiger partial charge < -0.3 is 5.11 Å². The standard InChI is InChI=1S/C12H13FO2/c13-10(9-5-2-1-3-6-9)12(11(14)15)7-4-8-12/h1-3,5-6,10H,4,7-8H2,(H,14,15). The Morgan fingerprint density at radius 1 is 1.33 bits per heavy atom. The highest BCUT2D eigenvalue weighted by Gasteiger charge is 2.51. The molecule has 1 N–H and O–H groups in total. The van der Waals surface area contributed by atoms with Crippen molar-refractivity contribution in [3.63, 3.8) is 0 Å². The van der Waals surface area contributed by atoms with Crippen molar-refractivity contribution in [2.45, 2.75) is 25.4 Å². The lowest BCUT2D eigenvalue weighted by molar-refractivity contribution is -0.161. The highest BCUT2D eigenvalue weighted by Crippen LogP contribution is 2.52. The number of halogens is 1. The minimum atomic E-state index is -1.38. The third-order valence-corrected chi connectivity index (χ3v) is 3.25. The lowest BCUT2D eigenvalue weighted by Crippen LogP contribution is -2.41. The number of benzene rings is 1. The first-order valence-corrected chi connectivity index (χ1v) is 5.09. The molecule has 0 heterocycles. The van der Waals surface area contributed by atoms with Gasteiger partial charge in [0.15, 0.2) is 0 Å². The molecule has 1 saturated carbocycles. The molecule has 1 unspecified atom stereocenters. The molecular formula is C12H13FO2. The molecule has 1 atom stereocenters. The van der Waals surface area contributed by atoms with Crippen LogP contribution in [0.4, 0.5) is 4.39 Å². The molecule has 0 aromatic heterocycles. The van der Waals surface area contributed by atoms with E-state index < -0.39 is 17.6 Å². The summed E-state index contributed by atoms with van der Waals surface area (Å²) in [5.41, 5.74) is -0.693. The maximum absolute atomic E-state index is 14.1. The third kappa shape index (κ3) is 1.52. The number of aliphatic carboxylic acids is 1. The fraction of sp³-hybridized carbons (Fsp3) is 0.417. The van der Waals surface area contributed by atoms with Crippen molar-refractivity contribution >= 4 is 5.97 Å². The van der Waals surface area contributed by atoms with E-state index in [-0.39, 0.29) is 0 Å². The average Bonchev–Trinajstić information content (AvgIpc) is 2.16. The van der Waals surface area contributed by atoms with Crippen molar-refractivity contribution in [2.24, 2.45) is 5.41 Å². The third-order valence-electron chi connectivity index (χ3n) is 3.25. The SMILES string of the molecule is O=C(O)C1(C(F)c2ccccc2)CCC1. The molecule has 80 valence electrons. The Labute approximate surface area is 87.7 Å². The van der Waals surface area contributed by atoms with E-state index >= 15 is 0 Å². The monoisotopic (exact) mass is 208 g/mol. The van der Waals surface area contributed by atoms with Gasteiger partial charge in [0.1, 0.15) is 11.6 Å². The predicted molar refractivity (Wildman–Crippen MR) is 54.2 cm³/mol. The van der Waals surface area contributed by atoms with E-state index in [0.717, 1.165) is 6.42 Å². The predicted octanol–water partition coefficient (Wildman–Crippen LogP) is 2.95. The van der Waals surface area contributed by atoms with Gasteiger partial charge in [0, 0.05) is 0 Å². The van der Waals surface area contributed by atoms with Crippen LogP contribution < -0.4 is 0 Å². The van der Waals surface area contributed by atoms with E-state index in [4.69, 9.17) is 5.11 Å². The second-order valence-electron chi connectivity index (χ2n) is 4.09. The van der Waals surface area contributed by atoms with Gasteiger partial charge >= 0.3 is 5.97 Å². The minimum absolute atomic E-state index is 0.443. The smallest absolute Gasteiger partial charge is 0.312 e. The lowest BCUT2D eigenvalue weighted by Gasteiger charge is -2.40. The molecule has 1 aromatic rings. The molecule has 2 rings (SSSR count). The molecule has 0 aliphatic heterocycles. The summed E-state index contributed by atoms with van der Waals surface area (Å²) in [6, 6.07) is 8.55. The molecule has 0 saturated heterocycles. The second kappa shape index (κ2) is 3.65. The van der Waals surface area contributed by atoms with Crippen molar-refractivity contribution in [2.75, 3.05) is 0 Å². The number of hydrogen-bond acceptors (Lipinski definition) is 1. The lowest BCUT2D eigenvalue weighted by atomic mass is 9.64. The maximum Gasteiger partial charge on any atom is 0.312 e. The van der Waals surface area contributed by atoms with Crippen LogP contribution in [0.2, 0.25) is 0 Å². The molecule has 0 bridgehead atoms. The van der Waals surface area contributed by atoms with Crippen molar-refractivity contribution in [3.8, 4) is 0 Å². The first kappa shape index (κ1) is 10.1. The van der Waals surface area contributed by atoms with Gasteiger partial charge in [-0.1, -0.05) is 36.8 Å². The number of rotatable bonds is 3. The number of carboxylic acids is 1. The Bertz CT molecular complexity index is 357. The summed E-state index contributed by atoms with van der Waals surface area (Å²) in [5.74, 6) is -1.01. The zero-order chi connectivity index (χ0) is 10.9. The Morgan fingerprint density at radius 2 is 1.93 bits per heavy atom. The quantitative estimate of drug-likeness (QED) is 0.829. The van der Waals surface area contributed by atoms with Gasteiger partial charge in [0.25, 0.3) is 0 Å². The summed E-state index contributed by atoms with van der Waals surface area (Å²) >= 11 is 0. The van der Waals surface area contributed by atoms with Gasteiger partial charge in [-0.05, 0) is 18.4 Å². The molecule has 0 spiro atoms. The molecule has 15 heavy (non-hydrogen) atoms. The average molecular weight is 208 g/mol. The molecule has 0 radical (unpaired) electrons. The summed E-state index contributed by atoms with van der Waals surface area (Å²) in [6.07, 6.45) is 0.307. The minimum Gasteiger partial charge on any atom is -0.481 e. The fourth-order valence-corrected chi connectivity index (χ4v) is 2.07. The molecule has 0 amide bonds. The molecule has 1 fully saturated rings. The summed E-state index contributed by atoms with van der Waals surface area (Å²) in [7, 11) is 0. The molecule has 1 aliphatic carbocycles. The van der Waals surface area contributed by atoms with Crippen LogP contribution in [-0.4, -0.2) is 11.1 Å². The molecule has 1 aliphatic rings. The fourth-order valence-electron chi connectivity index (χ4n) is 2.07. The summed E-state index contributed by atoms with van der Waals surface area (Å²) in [5, 5.41) is 9.08. The van der Waals surface area contributed by atoms with Crippen molar-refractivity contribution in [3.05, 3.63) is 35.9 Å². The van der Waals surface area contributed by atoms with E-state index in [1.807, 2.05) is 0 Å². The van der Waals surface area contributed by atoms with Crippen LogP contribution in [0.25, 0.3) is 0 Å². The molecular weight excluding hydrogens is 195 g/mol. The second-order valence-corrected chi connectivity index (χ2v) is 4.09. The Morgan fingerprint density at radius 3 is 2.33 bits per heavy atom. The zero-order valence-corrected chi connectivity index (χ0v) is 8.32. The molecule has 1 aromatic carbocycles. The first-order chi connectivity index (χ1) is 7.17. The van der Waals surface area contributed by atoms with Crippen molar-refractivity contribution in [1.29, 1.82) is 0 Å². The first-order valence-electron chi connectivity index (χ1n) is 5.09. The van der Waals surface area contributed by atoms with Gasteiger partial charge in [0.05, 0.1) is 0 Å². The number of carbonyl (C=O) groups is 1. The molecule has 3 heteroatoms. The van der Waals surface area contributed by atoms with Crippen LogP contribution in [0.1, 0.15) is 31.0 Å². The van der Waals surface area contributed by atoms with E-state index in [2.05, 4.69) is 0 Å². The number of carboxylic acid groups (broad SMARTS) is 1. The Balaban J connectivity index is 2.27. The van der Waals surface area contributed by atoms with Crippen LogP contribution in [0.3, 0.4) is 0 Å². The van der Waals surface area contributed by atoms with Crippen LogP contribution in [-0.2, 0) is 4.79 Å². The normalized spacial score (nSPS) is 20.3.